The number of rotatable bonds is 6. The van der Waals surface area contributed by atoms with E-state index in [1.54, 1.807) is 26.8 Å². The zero-order valence-electron chi connectivity index (χ0n) is 15.5. The van der Waals surface area contributed by atoms with E-state index in [0.29, 0.717) is 5.56 Å². The van der Waals surface area contributed by atoms with Crippen molar-refractivity contribution in [3.05, 3.63) is 68.5 Å². The Labute approximate surface area is 166 Å². The summed E-state index contributed by atoms with van der Waals surface area (Å²) in [5.74, 6) is -1.95. The van der Waals surface area contributed by atoms with Crippen LogP contribution in [0.4, 0.5) is 15.8 Å². The average Bonchev–Trinajstić information content (AvgIpc) is 2.62. The monoisotopic (exact) mass is 407 g/mol. The van der Waals surface area contributed by atoms with Crippen molar-refractivity contribution in [3.63, 3.8) is 0 Å². The molecule has 2 aromatic carbocycles. The maximum Gasteiger partial charge on any atom is 0.288 e. The standard InChI is InChI=1S/C19H19ClFN3O4/c1-10(2)17(19(26)22-13-6-4-11(3)15(21)9-13)23-18(25)12-5-7-14(20)16(8-12)24(27)28/h4-10,17H,1-3H3,(H,22,26)(H,23,25)/t17-/m0/s1. The molecule has 0 saturated carbocycles. The zero-order valence-corrected chi connectivity index (χ0v) is 16.2. The van der Waals surface area contributed by atoms with Crippen molar-refractivity contribution in [3.8, 4) is 0 Å². The van der Waals surface area contributed by atoms with Gasteiger partial charge in [0.05, 0.1) is 4.92 Å². The van der Waals surface area contributed by atoms with E-state index < -0.39 is 34.3 Å². The van der Waals surface area contributed by atoms with Crippen LogP contribution < -0.4 is 10.6 Å². The van der Waals surface area contributed by atoms with Crippen LogP contribution in [0.25, 0.3) is 0 Å². The van der Waals surface area contributed by atoms with Crippen molar-refractivity contribution >= 4 is 34.8 Å². The van der Waals surface area contributed by atoms with Gasteiger partial charge in [-0.25, -0.2) is 4.39 Å². The van der Waals surface area contributed by atoms with Crippen molar-refractivity contribution in [2.45, 2.75) is 26.8 Å². The molecule has 0 heterocycles. The molecular formula is C19H19ClFN3O4. The number of nitro groups is 1. The Kier molecular flexibility index (Phi) is 6.69. The second kappa shape index (κ2) is 8.79. The first kappa shape index (κ1) is 21.3. The SMILES string of the molecule is Cc1ccc(NC(=O)[C@@H](NC(=O)c2ccc(Cl)c([N+](=O)[O-])c2)C(C)C)cc1F. The minimum absolute atomic E-state index is 0.00377. The van der Waals surface area contributed by atoms with Gasteiger partial charge in [0.15, 0.2) is 0 Å². The summed E-state index contributed by atoms with van der Waals surface area (Å²) in [5.41, 5.74) is 0.289. The third-order valence-corrected chi connectivity index (χ3v) is 4.40. The summed E-state index contributed by atoms with van der Waals surface area (Å²) in [6.45, 7) is 5.05. The lowest BCUT2D eigenvalue weighted by Crippen LogP contribution is -2.47. The van der Waals surface area contributed by atoms with Gasteiger partial charge in [-0.15, -0.1) is 0 Å². The molecule has 0 unspecified atom stereocenters. The van der Waals surface area contributed by atoms with Gasteiger partial charge in [0.2, 0.25) is 5.91 Å². The van der Waals surface area contributed by atoms with Crippen LogP contribution in [0.15, 0.2) is 36.4 Å². The number of carbonyl (C=O) groups excluding carboxylic acids is 2. The number of hydrogen-bond acceptors (Lipinski definition) is 4. The van der Waals surface area contributed by atoms with E-state index in [0.717, 1.165) is 6.07 Å². The summed E-state index contributed by atoms with van der Waals surface area (Å²) in [4.78, 5) is 35.3. The molecule has 0 aliphatic rings. The van der Waals surface area contributed by atoms with Crippen molar-refractivity contribution in [1.82, 2.24) is 5.32 Å². The lowest BCUT2D eigenvalue weighted by atomic mass is 10.0. The van der Waals surface area contributed by atoms with Crippen LogP contribution in [0, 0.1) is 28.8 Å². The molecule has 28 heavy (non-hydrogen) atoms. The van der Waals surface area contributed by atoms with Gasteiger partial charge < -0.3 is 10.6 Å². The van der Waals surface area contributed by atoms with Gasteiger partial charge in [-0.2, -0.15) is 0 Å². The average molecular weight is 408 g/mol. The van der Waals surface area contributed by atoms with E-state index in [4.69, 9.17) is 11.6 Å². The number of nitro benzene ring substituents is 1. The van der Waals surface area contributed by atoms with Gasteiger partial charge in [-0.3, -0.25) is 19.7 Å². The Morgan fingerprint density at radius 1 is 1.18 bits per heavy atom. The minimum atomic E-state index is -0.938. The summed E-state index contributed by atoms with van der Waals surface area (Å²) >= 11 is 5.75. The fourth-order valence-electron chi connectivity index (χ4n) is 2.44. The van der Waals surface area contributed by atoms with Gasteiger partial charge in [-0.05, 0) is 42.7 Å². The highest BCUT2D eigenvalue weighted by Crippen LogP contribution is 2.25. The first-order valence-electron chi connectivity index (χ1n) is 8.42. The van der Waals surface area contributed by atoms with Crippen molar-refractivity contribution in [2.24, 2.45) is 5.92 Å². The van der Waals surface area contributed by atoms with Crippen molar-refractivity contribution < 1.29 is 18.9 Å². The lowest BCUT2D eigenvalue weighted by Gasteiger charge is -2.22. The van der Waals surface area contributed by atoms with Crippen LogP contribution in [-0.4, -0.2) is 22.8 Å². The highest BCUT2D eigenvalue weighted by atomic mass is 35.5. The molecule has 1 atom stereocenters. The number of nitrogens with one attached hydrogen (secondary N) is 2. The Balaban J connectivity index is 2.18. The van der Waals surface area contributed by atoms with E-state index in [-0.39, 0.29) is 22.2 Å². The normalized spacial score (nSPS) is 11.8. The zero-order chi connectivity index (χ0) is 21.0. The summed E-state index contributed by atoms with van der Waals surface area (Å²) < 4.78 is 13.7. The molecule has 0 bridgehead atoms. The number of carbonyl (C=O) groups is 2. The van der Waals surface area contributed by atoms with E-state index in [1.807, 2.05) is 0 Å². The second-order valence-electron chi connectivity index (χ2n) is 6.57. The van der Waals surface area contributed by atoms with Crippen LogP contribution in [0.3, 0.4) is 0 Å². The largest absolute Gasteiger partial charge is 0.340 e. The Hall–Kier alpha value is -3.00. The fourth-order valence-corrected chi connectivity index (χ4v) is 2.63. The summed E-state index contributed by atoms with van der Waals surface area (Å²) in [5, 5.41) is 16.0. The van der Waals surface area contributed by atoms with Crippen LogP contribution in [0.2, 0.25) is 5.02 Å². The van der Waals surface area contributed by atoms with Crippen LogP contribution in [0.5, 0.6) is 0 Å². The van der Waals surface area contributed by atoms with Crippen LogP contribution >= 0.6 is 11.6 Å². The molecule has 2 rings (SSSR count). The maximum atomic E-state index is 13.7. The highest BCUT2D eigenvalue weighted by molar-refractivity contribution is 6.32. The molecular weight excluding hydrogens is 389 g/mol. The Bertz CT molecular complexity index is 933. The number of nitrogens with zero attached hydrogens (tertiary/aromatic N) is 1. The molecule has 0 aromatic heterocycles. The molecule has 0 spiro atoms. The van der Waals surface area contributed by atoms with Crippen molar-refractivity contribution in [1.29, 1.82) is 0 Å². The Morgan fingerprint density at radius 3 is 2.43 bits per heavy atom. The van der Waals surface area contributed by atoms with Gasteiger partial charge in [0.25, 0.3) is 11.6 Å². The predicted molar refractivity (Wildman–Crippen MR) is 104 cm³/mol. The van der Waals surface area contributed by atoms with Gasteiger partial charge in [-0.1, -0.05) is 31.5 Å². The molecule has 0 aliphatic carbocycles. The quantitative estimate of drug-likeness (QED) is 0.556. The van der Waals surface area contributed by atoms with E-state index in [1.165, 1.54) is 24.3 Å². The van der Waals surface area contributed by atoms with Crippen LogP contribution in [0.1, 0.15) is 29.8 Å². The second-order valence-corrected chi connectivity index (χ2v) is 6.98. The fraction of sp³-hybridized carbons (Fsp3) is 0.263. The van der Waals surface area contributed by atoms with Gasteiger partial charge in [0, 0.05) is 17.3 Å². The molecule has 0 fully saturated rings. The van der Waals surface area contributed by atoms with E-state index in [2.05, 4.69) is 10.6 Å². The number of aryl methyl sites for hydroxylation is 1. The Morgan fingerprint density at radius 2 is 1.86 bits per heavy atom. The lowest BCUT2D eigenvalue weighted by molar-refractivity contribution is -0.384. The number of anilines is 1. The third-order valence-electron chi connectivity index (χ3n) is 4.08. The smallest absolute Gasteiger partial charge is 0.288 e. The number of amides is 2. The van der Waals surface area contributed by atoms with Gasteiger partial charge >= 0.3 is 0 Å². The first-order chi connectivity index (χ1) is 13.1. The molecule has 148 valence electrons. The third kappa shape index (κ3) is 5.04. The summed E-state index contributed by atoms with van der Waals surface area (Å²) in [7, 11) is 0. The predicted octanol–water partition coefficient (Wildman–Crippen LogP) is 4.09. The molecule has 2 N–H and O–H groups in total. The van der Waals surface area contributed by atoms with E-state index in [9.17, 15) is 24.1 Å². The highest BCUT2D eigenvalue weighted by Gasteiger charge is 2.26. The number of hydrogen-bond donors (Lipinski definition) is 2. The molecule has 0 aliphatic heterocycles. The maximum absolute atomic E-state index is 13.7. The van der Waals surface area contributed by atoms with E-state index >= 15 is 0 Å². The van der Waals surface area contributed by atoms with Crippen LogP contribution in [-0.2, 0) is 4.79 Å². The molecule has 7 nitrogen and oxygen atoms in total. The first-order valence-corrected chi connectivity index (χ1v) is 8.79. The molecule has 0 radical (unpaired) electrons. The molecule has 2 amide bonds. The van der Waals surface area contributed by atoms with Crippen molar-refractivity contribution in [2.75, 3.05) is 5.32 Å². The van der Waals surface area contributed by atoms with Gasteiger partial charge in [0.1, 0.15) is 16.9 Å². The molecule has 0 saturated heterocycles. The number of halogens is 2. The number of benzene rings is 2. The molecule has 9 heteroatoms. The molecule has 2 aromatic rings. The summed E-state index contributed by atoms with van der Waals surface area (Å²) in [6.07, 6.45) is 0. The minimum Gasteiger partial charge on any atom is -0.340 e. The topological polar surface area (TPSA) is 101 Å². The summed E-state index contributed by atoms with van der Waals surface area (Å²) in [6, 6.07) is 6.95.